The molecule has 0 saturated carbocycles. The molecule has 0 radical (unpaired) electrons. The van der Waals surface area contributed by atoms with E-state index in [1.807, 2.05) is 0 Å². The number of alkyl halides is 2. The summed E-state index contributed by atoms with van der Waals surface area (Å²) in [6, 6.07) is 7.32. The minimum atomic E-state index is -2.70. The SMILES string of the molecule is COc1cnc(C(F)F)cc1-c1ccnc(-n2ncccc2=O)c1. The zero-order chi connectivity index (χ0) is 17.1. The lowest BCUT2D eigenvalue weighted by Gasteiger charge is -2.11. The Morgan fingerprint density at radius 1 is 1.17 bits per heavy atom. The van der Waals surface area contributed by atoms with Crippen molar-refractivity contribution in [3.8, 4) is 22.7 Å². The molecule has 0 amide bonds. The third kappa shape index (κ3) is 2.98. The van der Waals surface area contributed by atoms with E-state index in [1.54, 1.807) is 12.1 Å². The third-order valence-electron chi connectivity index (χ3n) is 3.32. The maximum absolute atomic E-state index is 12.9. The van der Waals surface area contributed by atoms with Gasteiger partial charge >= 0.3 is 0 Å². The van der Waals surface area contributed by atoms with E-state index < -0.39 is 6.43 Å². The average molecular weight is 330 g/mol. The molecule has 0 N–H and O–H groups in total. The summed E-state index contributed by atoms with van der Waals surface area (Å²) in [4.78, 5) is 19.6. The van der Waals surface area contributed by atoms with Gasteiger partial charge in [0, 0.05) is 24.0 Å². The molecule has 0 aliphatic heterocycles. The van der Waals surface area contributed by atoms with Crippen LogP contribution in [0.2, 0.25) is 0 Å². The molecule has 3 aromatic heterocycles. The molecular weight excluding hydrogens is 318 g/mol. The van der Waals surface area contributed by atoms with Gasteiger partial charge in [-0.15, -0.1) is 0 Å². The molecule has 0 fully saturated rings. The summed E-state index contributed by atoms with van der Waals surface area (Å²) < 4.78 is 32.2. The van der Waals surface area contributed by atoms with E-state index in [0.717, 1.165) is 4.68 Å². The number of hydrogen-bond donors (Lipinski definition) is 0. The van der Waals surface area contributed by atoms with E-state index in [2.05, 4.69) is 15.1 Å². The molecule has 8 heteroatoms. The fraction of sp³-hybridized carbons (Fsp3) is 0.125. The molecule has 3 heterocycles. The first-order valence-electron chi connectivity index (χ1n) is 6.93. The van der Waals surface area contributed by atoms with Crippen molar-refractivity contribution < 1.29 is 13.5 Å². The van der Waals surface area contributed by atoms with Gasteiger partial charge in [0.1, 0.15) is 11.4 Å². The van der Waals surface area contributed by atoms with E-state index in [-0.39, 0.29) is 17.1 Å². The predicted molar refractivity (Wildman–Crippen MR) is 82.4 cm³/mol. The number of rotatable bonds is 4. The van der Waals surface area contributed by atoms with Crippen LogP contribution in [-0.2, 0) is 0 Å². The van der Waals surface area contributed by atoms with E-state index in [0.29, 0.717) is 16.9 Å². The molecule has 0 bridgehead atoms. The van der Waals surface area contributed by atoms with Crippen molar-refractivity contribution >= 4 is 0 Å². The Labute approximate surface area is 135 Å². The highest BCUT2D eigenvalue weighted by atomic mass is 19.3. The Hall–Kier alpha value is -3.16. The van der Waals surface area contributed by atoms with Crippen molar-refractivity contribution in [2.45, 2.75) is 6.43 Å². The molecular formula is C16H12F2N4O2. The average Bonchev–Trinajstić information content (AvgIpc) is 2.61. The van der Waals surface area contributed by atoms with Crippen molar-refractivity contribution in [3.63, 3.8) is 0 Å². The highest BCUT2D eigenvalue weighted by molar-refractivity contribution is 5.71. The van der Waals surface area contributed by atoms with Gasteiger partial charge in [-0.05, 0) is 29.8 Å². The normalized spacial score (nSPS) is 10.8. The number of pyridine rings is 2. The van der Waals surface area contributed by atoms with Gasteiger partial charge in [0.2, 0.25) is 0 Å². The van der Waals surface area contributed by atoms with Crippen LogP contribution < -0.4 is 10.3 Å². The summed E-state index contributed by atoms with van der Waals surface area (Å²) in [5.41, 5.74) is 0.269. The van der Waals surface area contributed by atoms with Crippen LogP contribution in [0, 0.1) is 0 Å². The molecule has 6 nitrogen and oxygen atoms in total. The quantitative estimate of drug-likeness (QED) is 0.735. The van der Waals surface area contributed by atoms with Gasteiger partial charge in [0.25, 0.3) is 12.0 Å². The number of halogens is 2. The van der Waals surface area contributed by atoms with Gasteiger partial charge in [0.15, 0.2) is 5.82 Å². The lowest BCUT2D eigenvalue weighted by Crippen LogP contribution is -2.20. The van der Waals surface area contributed by atoms with Crippen molar-refractivity contribution in [2.75, 3.05) is 7.11 Å². The number of methoxy groups -OCH3 is 1. The summed E-state index contributed by atoms with van der Waals surface area (Å²) in [6.45, 7) is 0. The van der Waals surface area contributed by atoms with Gasteiger partial charge in [-0.25, -0.2) is 13.8 Å². The smallest absolute Gasteiger partial charge is 0.280 e. The minimum absolute atomic E-state index is 0.274. The third-order valence-corrected chi connectivity index (χ3v) is 3.32. The van der Waals surface area contributed by atoms with Gasteiger partial charge in [0.05, 0.1) is 13.3 Å². The van der Waals surface area contributed by atoms with Crippen LogP contribution in [0.1, 0.15) is 12.1 Å². The van der Waals surface area contributed by atoms with Crippen LogP contribution in [-0.4, -0.2) is 26.9 Å². The second-order valence-electron chi connectivity index (χ2n) is 4.79. The largest absolute Gasteiger partial charge is 0.494 e. The van der Waals surface area contributed by atoms with Crippen molar-refractivity contribution in [1.82, 2.24) is 19.7 Å². The van der Waals surface area contributed by atoms with Crippen molar-refractivity contribution in [3.05, 3.63) is 65.0 Å². The molecule has 24 heavy (non-hydrogen) atoms. The summed E-state index contributed by atoms with van der Waals surface area (Å²) in [7, 11) is 1.42. The first kappa shape index (κ1) is 15.7. The second-order valence-corrected chi connectivity index (χ2v) is 4.79. The minimum Gasteiger partial charge on any atom is -0.494 e. The van der Waals surface area contributed by atoms with Crippen molar-refractivity contribution in [2.24, 2.45) is 0 Å². The lowest BCUT2D eigenvalue weighted by molar-refractivity contribution is 0.146. The fourth-order valence-electron chi connectivity index (χ4n) is 2.20. The molecule has 3 rings (SSSR count). The second kappa shape index (κ2) is 6.53. The fourth-order valence-corrected chi connectivity index (χ4v) is 2.20. The Bertz CT molecular complexity index is 928. The van der Waals surface area contributed by atoms with Crippen LogP contribution >= 0.6 is 0 Å². The maximum atomic E-state index is 12.9. The van der Waals surface area contributed by atoms with E-state index in [9.17, 15) is 13.6 Å². The highest BCUT2D eigenvalue weighted by Gasteiger charge is 2.15. The number of hydrogen-bond acceptors (Lipinski definition) is 5. The van der Waals surface area contributed by atoms with Gasteiger partial charge in [-0.1, -0.05) is 0 Å². The zero-order valence-corrected chi connectivity index (χ0v) is 12.6. The summed E-state index contributed by atoms with van der Waals surface area (Å²) in [5.74, 6) is 0.612. The van der Waals surface area contributed by atoms with Crippen LogP contribution in [0.15, 0.2) is 53.7 Å². The number of nitrogens with zero attached hydrogens (tertiary/aromatic N) is 4. The summed E-state index contributed by atoms with van der Waals surface area (Å²) >= 11 is 0. The molecule has 0 saturated heterocycles. The van der Waals surface area contributed by atoms with Gasteiger partial charge < -0.3 is 4.74 Å². The molecule has 0 aromatic carbocycles. The summed E-state index contributed by atoms with van der Waals surface area (Å²) in [5, 5.41) is 3.95. The maximum Gasteiger partial charge on any atom is 0.280 e. The molecule has 0 aliphatic carbocycles. The van der Waals surface area contributed by atoms with E-state index in [1.165, 1.54) is 43.9 Å². The van der Waals surface area contributed by atoms with E-state index >= 15 is 0 Å². The Morgan fingerprint density at radius 3 is 2.71 bits per heavy atom. The summed E-state index contributed by atoms with van der Waals surface area (Å²) in [6.07, 6.45) is 1.46. The highest BCUT2D eigenvalue weighted by Crippen LogP contribution is 2.32. The Balaban J connectivity index is 2.14. The van der Waals surface area contributed by atoms with Crippen LogP contribution in [0.25, 0.3) is 16.9 Å². The first-order valence-corrected chi connectivity index (χ1v) is 6.93. The molecule has 0 aliphatic rings. The van der Waals surface area contributed by atoms with E-state index in [4.69, 9.17) is 4.74 Å². The van der Waals surface area contributed by atoms with Crippen LogP contribution in [0.4, 0.5) is 8.78 Å². The standard InChI is InChI=1S/C16H12F2N4O2/c1-24-13-9-20-12(16(17)18)8-11(13)10-4-6-19-14(7-10)22-15(23)3-2-5-21-22/h2-9,16H,1H3. The monoisotopic (exact) mass is 330 g/mol. The van der Waals surface area contributed by atoms with Crippen LogP contribution in [0.3, 0.4) is 0 Å². The topological polar surface area (TPSA) is 69.9 Å². The van der Waals surface area contributed by atoms with Gasteiger partial charge in [-0.3, -0.25) is 9.78 Å². The molecule has 3 aromatic rings. The molecule has 0 unspecified atom stereocenters. The number of aromatic nitrogens is 4. The number of ether oxygens (including phenoxy) is 1. The predicted octanol–water partition coefficient (Wildman–Crippen LogP) is 2.64. The molecule has 0 atom stereocenters. The van der Waals surface area contributed by atoms with Crippen LogP contribution in [0.5, 0.6) is 5.75 Å². The van der Waals surface area contributed by atoms with Crippen molar-refractivity contribution in [1.29, 1.82) is 0 Å². The molecule has 122 valence electrons. The Morgan fingerprint density at radius 2 is 2.00 bits per heavy atom. The lowest BCUT2D eigenvalue weighted by atomic mass is 10.1. The zero-order valence-electron chi connectivity index (χ0n) is 12.6. The Kier molecular flexibility index (Phi) is 4.28. The molecule has 0 spiro atoms. The first-order chi connectivity index (χ1) is 11.6. The van der Waals surface area contributed by atoms with Gasteiger partial charge in [-0.2, -0.15) is 9.78 Å².